The molecule has 0 spiro atoms. The summed E-state index contributed by atoms with van der Waals surface area (Å²) in [5.74, 6) is 0.955. The fourth-order valence-corrected chi connectivity index (χ4v) is 2.79. The van der Waals surface area contributed by atoms with Crippen LogP contribution < -0.4 is 20.7 Å². The Bertz CT molecular complexity index is 846. The van der Waals surface area contributed by atoms with E-state index < -0.39 is 0 Å². The molecule has 0 saturated carbocycles. The van der Waals surface area contributed by atoms with E-state index in [1.54, 1.807) is 37.4 Å². The van der Waals surface area contributed by atoms with Crippen LogP contribution in [0.4, 0.5) is 4.39 Å². The van der Waals surface area contributed by atoms with Crippen LogP contribution in [0, 0.1) is 12.7 Å². The number of carbonyl (C=O) groups excluding carboxylic acids is 1. The molecule has 0 aliphatic carbocycles. The molecule has 0 radical (unpaired) electrons. The van der Waals surface area contributed by atoms with E-state index in [1.807, 2.05) is 13.8 Å². The summed E-state index contributed by atoms with van der Waals surface area (Å²) in [5.41, 5.74) is 2.56. The molecule has 2 aromatic rings. The fourth-order valence-electron chi connectivity index (χ4n) is 2.79. The van der Waals surface area contributed by atoms with Crippen LogP contribution in [0.5, 0.6) is 5.75 Å². The van der Waals surface area contributed by atoms with Gasteiger partial charge in [0, 0.05) is 31.7 Å². The summed E-state index contributed by atoms with van der Waals surface area (Å²) >= 11 is 0. The van der Waals surface area contributed by atoms with Crippen LogP contribution in [-0.2, 0) is 6.42 Å². The van der Waals surface area contributed by atoms with Crippen LogP contribution in [0.2, 0.25) is 0 Å². The Balaban J connectivity index is 0.00000450. The van der Waals surface area contributed by atoms with Gasteiger partial charge in [-0.15, -0.1) is 24.0 Å². The van der Waals surface area contributed by atoms with E-state index in [4.69, 9.17) is 4.74 Å². The van der Waals surface area contributed by atoms with E-state index in [-0.39, 0.29) is 35.7 Å². The highest BCUT2D eigenvalue weighted by atomic mass is 127. The molecule has 3 N–H and O–H groups in total. The molecule has 2 rings (SSSR count). The third-order valence-electron chi connectivity index (χ3n) is 4.33. The van der Waals surface area contributed by atoms with Gasteiger partial charge in [-0.05, 0) is 61.7 Å². The summed E-state index contributed by atoms with van der Waals surface area (Å²) in [5, 5.41) is 9.24. The zero-order valence-corrected chi connectivity index (χ0v) is 20.0. The number of benzene rings is 2. The average Bonchev–Trinajstić information content (AvgIpc) is 2.72. The Labute approximate surface area is 194 Å². The molecule has 1 amide bonds. The molecule has 30 heavy (non-hydrogen) atoms. The molecular formula is C22H30FIN4O2. The van der Waals surface area contributed by atoms with Crippen LogP contribution in [0.1, 0.15) is 28.4 Å². The van der Waals surface area contributed by atoms with Crippen molar-refractivity contribution in [2.24, 2.45) is 4.99 Å². The molecule has 6 nitrogen and oxygen atoms in total. The summed E-state index contributed by atoms with van der Waals surface area (Å²) in [6.07, 6.45) is 0.731. The average molecular weight is 528 g/mol. The van der Waals surface area contributed by atoms with Crippen molar-refractivity contribution in [1.29, 1.82) is 0 Å². The number of hydrogen-bond acceptors (Lipinski definition) is 3. The molecule has 8 heteroatoms. The van der Waals surface area contributed by atoms with Gasteiger partial charge in [-0.1, -0.05) is 12.1 Å². The first-order valence-electron chi connectivity index (χ1n) is 9.73. The van der Waals surface area contributed by atoms with Gasteiger partial charge in [0.25, 0.3) is 5.91 Å². The number of nitrogens with zero attached hydrogens (tertiary/aromatic N) is 1. The summed E-state index contributed by atoms with van der Waals surface area (Å²) in [6, 6.07) is 11.8. The molecular weight excluding hydrogens is 498 g/mol. The molecule has 0 unspecified atom stereocenters. The van der Waals surface area contributed by atoms with E-state index in [0.717, 1.165) is 24.1 Å². The number of methoxy groups -OCH3 is 1. The highest BCUT2D eigenvalue weighted by Crippen LogP contribution is 2.12. The van der Waals surface area contributed by atoms with Gasteiger partial charge in [-0.3, -0.25) is 9.79 Å². The molecule has 0 bridgehead atoms. The van der Waals surface area contributed by atoms with E-state index in [0.29, 0.717) is 36.9 Å². The van der Waals surface area contributed by atoms with Gasteiger partial charge in [0.2, 0.25) is 0 Å². The van der Waals surface area contributed by atoms with Gasteiger partial charge in [0.15, 0.2) is 5.96 Å². The number of ether oxygens (including phenoxy) is 1. The van der Waals surface area contributed by atoms with Crippen molar-refractivity contribution in [1.82, 2.24) is 16.0 Å². The quantitative estimate of drug-likeness (QED) is 0.202. The number of halogens is 2. The number of rotatable bonds is 9. The first-order chi connectivity index (χ1) is 14.0. The normalized spacial score (nSPS) is 10.7. The number of amides is 1. The minimum absolute atomic E-state index is 0. The zero-order chi connectivity index (χ0) is 21.1. The second kappa shape index (κ2) is 13.8. The molecule has 0 aliphatic heterocycles. The van der Waals surface area contributed by atoms with E-state index in [1.165, 1.54) is 12.1 Å². The molecule has 0 saturated heterocycles. The highest BCUT2D eigenvalue weighted by molar-refractivity contribution is 14.0. The van der Waals surface area contributed by atoms with Gasteiger partial charge in [0.1, 0.15) is 11.6 Å². The third-order valence-corrected chi connectivity index (χ3v) is 4.33. The first-order valence-corrected chi connectivity index (χ1v) is 9.73. The minimum Gasteiger partial charge on any atom is -0.497 e. The lowest BCUT2D eigenvalue weighted by Crippen LogP contribution is -2.41. The Morgan fingerprint density at radius 3 is 2.57 bits per heavy atom. The van der Waals surface area contributed by atoms with Gasteiger partial charge in [-0.25, -0.2) is 4.39 Å². The van der Waals surface area contributed by atoms with Crippen molar-refractivity contribution in [2.75, 3.05) is 33.3 Å². The molecule has 164 valence electrons. The molecule has 0 atom stereocenters. The molecule has 0 aromatic heterocycles. The fraction of sp³-hybridized carbons (Fsp3) is 0.364. The van der Waals surface area contributed by atoms with Crippen molar-refractivity contribution < 1.29 is 13.9 Å². The maximum absolute atomic E-state index is 13.2. The molecule has 0 heterocycles. The van der Waals surface area contributed by atoms with Gasteiger partial charge >= 0.3 is 0 Å². The lowest BCUT2D eigenvalue weighted by Gasteiger charge is -2.12. The number of hydrogen-bond donors (Lipinski definition) is 3. The molecule has 2 aromatic carbocycles. The van der Waals surface area contributed by atoms with Gasteiger partial charge in [-0.2, -0.15) is 0 Å². The maximum Gasteiger partial charge on any atom is 0.251 e. The van der Waals surface area contributed by atoms with Crippen molar-refractivity contribution in [3.8, 4) is 5.75 Å². The highest BCUT2D eigenvalue weighted by Gasteiger charge is 2.06. The predicted octanol–water partition coefficient (Wildman–Crippen LogP) is 3.29. The summed E-state index contributed by atoms with van der Waals surface area (Å²) in [4.78, 5) is 16.7. The molecule has 0 fully saturated rings. The SMILES string of the molecule is CCNC(=NCCc1ccc(F)cc1C)NCCNC(=O)c1cccc(OC)c1.I. The summed E-state index contributed by atoms with van der Waals surface area (Å²) in [6.45, 7) is 6.20. The van der Waals surface area contributed by atoms with Crippen LogP contribution in [-0.4, -0.2) is 45.2 Å². The molecule has 0 aliphatic rings. The van der Waals surface area contributed by atoms with E-state index >= 15 is 0 Å². The third kappa shape index (κ3) is 8.56. The van der Waals surface area contributed by atoms with Crippen molar-refractivity contribution in [3.63, 3.8) is 0 Å². The van der Waals surface area contributed by atoms with E-state index in [9.17, 15) is 9.18 Å². The summed E-state index contributed by atoms with van der Waals surface area (Å²) < 4.78 is 18.3. The topological polar surface area (TPSA) is 74.8 Å². The Hall–Kier alpha value is -2.36. The first kappa shape index (κ1) is 25.7. The van der Waals surface area contributed by atoms with Crippen molar-refractivity contribution in [3.05, 3.63) is 65.0 Å². The summed E-state index contributed by atoms with van der Waals surface area (Å²) in [7, 11) is 1.57. The number of guanidine groups is 1. The Kier molecular flexibility index (Phi) is 11.8. The van der Waals surface area contributed by atoms with Gasteiger partial charge < -0.3 is 20.7 Å². The second-order valence-electron chi connectivity index (χ2n) is 6.50. The van der Waals surface area contributed by atoms with Crippen LogP contribution in [0.15, 0.2) is 47.5 Å². The predicted molar refractivity (Wildman–Crippen MR) is 130 cm³/mol. The lowest BCUT2D eigenvalue weighted by atomic mass is 10.1. The van der Waals surface area contributed by atoms with Gasteiger partial charge in [0.05, 0.1) is 7.11 Å². The smallest absolute Gasteiger partial charge is 0.251 e. The van der Waals surface area contributed by atoms with Crippen LogP contribution in [0.25, 0.3) is 0 Å². The lowest BCUT2D eigenvalue weighted by molar-refractivity contribution is 0.0954. The Morgan fingerprint density at radius 1 is 1.10 bits per heavy atom. The van der Waals surface area contributed by atoms with Crippen molar-refractivity contribution >= 4 is 35.8 Å². The van der Waals surface area contributed by atoms with Crippen molar-refractivity contribution in [2.45, 2.75) is 20.3 Å². The number of aliphatic imine (C=N–C) groups is 1. The minimum atomic E-state index is -0.222. The number of aryl methyl sites for hydroxylation is 1. The monoisotopic (exact) mass is 528 g/mol. The van der Waals surface area contributed by atoms with Crippen LogP contribution in [0.3, 0.4) is 0 Å². The maximum atomic E-state index is 13.2. The standard InChI is InChI=1S/C22H29FN4O2.HI/c1-4-24-22(26-11-10-17-8-9-19(23)14-16(17)2)27-13-12-25-21(28)18-6-5-7-20(15-18)29-3;/h5-9,14-15H,4,10-13H2,1-3H3,(H,25,28)(H2,24,26,27);1H. The van der Waals surface area contributed by atoms with E-state index in [2.05, 4.69) is 20.9 Å². The second-order valence-corrected chi connectivity index (χ2v) is 6.50. The zero-order valence-electron chi connectivity index (χ0n) is 17.6. The number of carbonyl (C=O) groups is 1. The number of nitrogens with one attached hydrogen (secondary N) is 3. The van der Waals surface area contributed by atoms with Crippen LogP contribution >= 0.6 is 24.0 Å². The Morgan fingerprint density at radius 2 is 1.87 bits per heavy atom. The largest absolute Gasteiger partial charge is 0.497 e.